The van der Waals surface area contributed by atoms with Crippen LogP contribution in [0.4, 0.5) is 18.9 Å². The minimum Gasteiger partial charge on any atom is -0.490 e. The van der Waals surface area contributed by atoms with Gasteiger partial charge in [-0.15, -0.1) is 0 Å². The number of nitro benzene ring substituents is 1. The Morgan fingerprint density at radius 2 is 2.14 bits per heavy atom. The van der Waals surface area contributed by atoms with Gasteiger partial charge in [0.05, 0.1) is 4.92 Å². The summed E-state index contributed by atoms with van der Waals surface area (Å²) < 4.78 is 41.5. The number of aliphatic hydroxyl groups excluding tert-OH is 1. The van der Waals surface area contributed by atoms with E-state index in [1.54, 1.807) is 0 Å². The van der Waals surface area contributed by atoms with E-state index in [4.69, 9.17) is 9.84 Å². The minimum atomic E-state index is -4.78. The standard InChI is InChI=1S/C12H15F3N2O4/c1-2-16-6-8-5-9(17(19)20)3-4-10(8)21-7-11(18)12(13,14)15/h3-5,11,16,18H,2,6-7H2,1H3. The summed E-state index contributed by atoms with van der Waals surface area (Å²) >= 11 is 0. The van der Waals surface area contributed by atoms with E-state index in [9.17, 15) is 23.3 Å². The Morgan fingerprint density at radius 1 is 1.48 bits per heavy atom. The smallest absolute Gasteiger partial charge is 0.417 e. The first-order valence-electron chi connectivity index (χ1n) is 6.11. The van der Waals surface area contributed by atoms with Gasteiger partial charge < -0.3 is 15.2 Å². The first kappa shape index (κ1) is 17.2. The first-order chi connectivity index (χ1) is 9.75. The molecule has 0 aliphatic heterocycles. The van der Waals surface area contributed by atoms with Gasteiger partial charge in [-0.3, -0.25) is 10.1 Å². The van der Waals surface area contributed by atoms with Crippen LogP contribution in [0.15, 0.2) is 18.2 Å². The highest BCUT2D eigenvalue weighted by atomic mass is 19.4. The van der Waals surface area contributed by atoms with E-state index < -0.39 is 23.8 Å². The van der Waals surface area contributed by atoms with Gasteiger partial charge in [-0.2, -0.15) is 13.2 Å². The summed E-state index contributed by atoms with van der Waals surface area (Å²) in [5, 5.41) is 22.5. The van der Waals surface area contributed by atoms with Gasteiger partial charge in [-0.25, -0.2) is 0 Å². The van der Waals surface area contributed by atoms with Crippen molar-refractivity contribution in [1.29, 1.82) is 0 Å². The van der Waals surface area contributed by atoms with Gasteiger partial charge in [0.15, 0.2) is 6.10 Å². The topological polar surface area (TPSA) is 84.6 Å². The van der Waals surface area contributed by atoms with Crippen molar-refractivity contribution in [3.8, 4) is 5.75 Å². The van der Waals surface area contributed by atoms with E-state index in [1.165, 1.54) is 12.1 Å². The number of ether oxygens (including phenoxy) is 1. The number of rotatable bonds is 7. The van der Waals surface area contributed by atoms with Crippen molar-refractivity contribution in [2.45, 2.75) is 25.7 Å². The molecule has 0 saturated heterocycles. The number of halogens is 3. The van der Waals surface area contributed by atoms with E-state index >= 15 is 0 Å². The molecule has 1 aromatic carbocycles. The molecule has 2 N–H and O–H groups in total. The van der Waals surface area contributed by atoms with Crippen LogP contribution in [0.5, 0.6) is 5.75 Å². The zero-order valence-corrected chi connectivity index (χ0v) is 11.2. The lowest BCUT2D eigenvalue weighted by Crippen LogP contribution is -2.34. The maximum atomic E-state index is 12.2. The molecule has 0 saturated carbocycles. The van der Waals surface area contributed by atoms with Crippen LogP contribution in [0.2, 0.25) is 0 Å². The zero-order chi connectivity index (χ0) is 16.0. The fourth-order valence-electron chi connectivity index (χ4n) is 1.48. The molecule has 6 nitrogen and oxygen atoms in total. The van der Waals surface area contributed by atoms with Crippen molar-refractivity contribution < 1.29 is 27.9 Å². The summed E-state index contributed by atoms with van der Waals surface area (Å²) in [6, 6.07) is 3.57. The quantitative estimate of drug-likeness (QED) is 0.594. The molecule has 118 valence electrons. The molecule has 0 spiro atoms. The molecule has 1 unspecified atom stereocenters. The molecule has 1 rings (SSSR count). The SMILES string of the molecule is CCNCc1cc([N+](=O)[O-])ccc1OCC(O)C(F)(F)F. The Hall–Kier alpha value is -1.87. The summed E-state index contributed by atoms with van der Waals surface area (Å²) in [4.78, 5) is 10.1. The number of nitro groups is 1. The van der Waals surface area contributed by atoms with Crippen LogP contribution in [0.1, 0.15) is 12.5 Å². The first-order valence-corrected chi connectivity index (χ1v) is 6.11. The molecule has 1 aromatic rings. The molecule has 0 radical (unpaired) electrons. The Labute approximate surface area is 118 Å². The Kier molecular flexibility index (Phi) is 5.91. The van der Waals surface area contributed by atoms with Crippen LogP contribution in [0.3, 0.4) is 0 Å². The highest BCUT2D eigenvalue weighted by Gasteiger charge is 2.38. The number of nitrogens with one attached hydrogen (secondary N) is 1. The second kappa shape index (κ2) is 7.23. The van der Waals surface area contributed by atoms with Gasteiger partial charge in [-0.1, -0.05) is 6.92 Å². The van der Waals surface area contributed by atoms with Crippen molar-refractivity contribution in [2.24, 2.45) is 0 Å². The number of nitrogens with zero attached hydrogens (tertiary/aromatic N) is 1. The number of aliphatic hydroxyl groups is 1. The molecule has 0 aromatic heterocycles. The second-order valence-corrected chi connectivity index (χ2v) is 4.20. The van der Waals surface area contributed by atoms with Crippen molar-refractivity contribution in [3.63, 3.8) is 0 Å². The summed E-state index contributed by atoms with van der Waals surface area (Å²) in [5.74, 6) is 0.0600. The third kappa shape index (κ3) is 5.20. The Balaban J connectivity index is 2.87. The lowest BCUT2D eigenvalue weighted by molar-refractivity contribution is -0.384. The van der Waals surface area contributed by atoms with Crippen LogP contribution < -0.4 is 10.1 Å². The highest BCUT2D eigenvalue weighted by Crippen LogP contribution is 2.26. The van der Waals surface area contributed by atoms with Gasteiger partial charge in [0.25, 0.3) is 5.69 Å². The third-order valence-electron chi connectivity index (χ3n) is 2.59. The zero-order valence-electron chi connectivity index (χ0n) is 11.2. The summed E-state index contributed by atoms with van der Waals surface area (Å²) in [6.07, 6.45) is -7.39. The average molecular weight is 308 g/mol. The third-order valence-corrected chi connectivity index (χ3v) is 2.59. The number of benzene rings is 1. The normalized spacial score (nSPS) is 13.0. The minimum absolute atomic E-state index is 0.0600. The fraction of sp³-hybridized carbons (Fsp3) is 0.500. The molecule has 0 amide bonds. The highest BCUT2D eigenvalue weighted by molar-refractivity contribution is 5.43. The largest absolute Gasteiger partial charge is 0.490 e. The molecule has 1 atom stereocenters. The average Bonchev–Trinajstić information content (AvgIpc) is 2.41. The van der Waals surface area contributed by atoms with Crippen molar-refractivity contribution in [1.82, 2.24) is 5.32 Å². The molecule has 0 fully saturated rings. The molecule has 9 heteroatoms. The molecule has 0 bridgehead atoms. The Bertz CT molecular complexity index is 494. The predicted molar refractivity (Wildman–Crippen MR) is 68.0 cm³/mol. The lowest BCUT2D eigenvalue weighted by atomic mass is 10.1. The maximum absolute atomic E-state index is 12.2. The van der Waals surface area contributed by atoms with E-state index in [-0.39, 0.29) is 18.0 Å². The van der Waals surface area contributed by atoms with Crippen LogP contribution >= 0.6 is 0 Å². The van der Waals surface area contributed by atoms with Crippen molar-refractivity contribution >= 4 is 5.69 Å². The van der Waals surface area contributed by atoms with Crippen LogP contribution in [-0.4, -0.2) is 35.5 Å². The van der Waals surface area contributed by atoms with Gasteiger partial charge in [0.1, 0.15) is 12.4 Å². The summed E-state index contributed by atoms with van der Waals surface area (Å²) in [7, 11) is 0. The van der Waals surface area contributed by atoms with E-state index in [0.717, 1.165) is 6.07 Å². The van der Waals surface area contributed by atoms with Crippen molar-refractivity contribution in [2.75, 3.05) is 13.2 Å². The Morgan fingerprint density at radius 3 is 2.67 bits per heavy atom. The molecular weight excluding hydrogens is 293 g/mol. The monoisotopic (exact) mass is 308 g/mol. The van der Waals surface area contributed by atoms with E-state index in [1.807, 2.05) is 6.92 Å². The molecule has 0 heterocycles. The molecule has 0 aliphatic carbocycles. The summed E-state index contributed by atoms with van der Waals surface area (Å²) in [6.45, 7) is 1.62. The number of alkyl halides is 3. The second-order valence-electron chi connectivity index (χ2n) is 4.20. The van der Waals surface area contributed by atoms with Gasteiger partial charge >= 0.3 is 6.18 Å². The van der Waals surface area contributed by atoms with E-state index in [2.05, 4.69) is 5.32 Å². The maximum Gasteiger partial charge on any atom is 0.417 e. The number of non-ortho nitro benzene ring substituents is 1. The van der Waals surface area contributed by atoms with Crippen LogP contribution in [0.25, 0.3) is 0 Å². The van der Waals surface area contributed by atoms with Crippen LogP contribution in [0, 0.1) is 10.1 Å². The lowest BCUT2D eigenvalue weighted by Gasteiger charge is -2.17. The van der Waals surface area contributed by atoms with Crippen molar-refractivity contribution in [3.05, 3.63) is 33.9 Å². The molecule has 21 heavy (non-hydrogen) atoms. The predicted octanol–water partition coefficient (Wildman–Crippen LogP) is 2.01. The number of hydrogen-bond donors (Lipinski definition) is 2. The molecular formula is C12H15F3N2O4. The van der Waals surface area contributed by atoms with Gasteiger partial charge in [0.2, 0.25) is 0 Å². The fourth-order valence-corrected chi connectivity index (χ4v) is 1.48. The number of hydrogen-bond acceptors (Lipinski definition) is 5. The van der Waals surface area contributed by atoms with Gasteiger partial charge in [-0.05, 0) is 12.6 Å². The van der Waals surface area contributed by atoms with Gasteiger partial charge in [0, 0.05) is 24.2 Å². The molecule has 0 aliphatic rings. The summed E-state index contributed by atoms with van der Waals surface area (Å²) in [5.41, 5.74) is 0.159. The van der Waals surface area contributed by atoms with Crippen LogP contribution in [-0.2, 0) is 6.54 Å². The van der Waals surface area contributed by atoms with E-state index in [0.29, 0.717) is 12.1 Å².